The van der Waals surface area contributed by atoms with Gasteiger partial charge in [-0.2, -0.15) is 0 Å². The molecule has 1 N–H and O–H groups in total. The first kappa shape index (κ1) is 18.5. The monoisotopic (exact) mass is 350 g/mol. The van der Waals surface area contributed by atoms with Crippen molar-refractivity contribution in [3.8, 4) is 0 Å². The van der Waals surface area contributed by atoms with Crippen LogP contribution in [0.5, 0.6) is 0 Å². The lowest BCUT2D eigenvalue weighted by atomic mass is 10.1. The Balaban J connectivity index is 2.00. The number of carbonyl (C=O) groups is 2. The van der Waals surface area contributed by atoms with Gasteiger partial charge in [0, 0.05) is 13.5 Å². The van der Waals surface area contributed by atoms with Gasteiger partial charge in [0.2, 0.25) is 11.8 Å². The maximum Gasteiger partial charge on any atom is 0.240 e. The zero-order valence-corrected chi connectivity index (χ0v) is 13.6. The van der Waals surface area contributed by atoms with Gasteiger partial charge in [0.15, 0.2) is 17.5 Å². The van der Waals surface area contributed by atoms with Gasteiger partial charge in [-0.15, -0.1) is 0 Å². The van der Waals surface area contributed by atoms with Gasteiger partial charge in [0.25, 0.3) is 0 Å². The van der Waals surface area contributed by atoms with Crippen LogP contribution in [0.3, 0.4) is 0 Å². The van der Waals surface area contributed by atoms with Gasteiger partial charge in [-0.05, 0) is 24.1 Å². The molecule has 0 saturated heterocycles. The fourth-order valence-electron chi connectivity index (χ4n) is 2.28. The molecule has 132 valence electrons. The van der Waals surface area contributed by atoms with Crippen LogP contribution in [-0.2, 0) is 16.0 Å². The number of halogens is 3. The third-order valence-electron chi connectivity index (χ3n) is 3.57. The molecule has 0 aliphatic carbocycles. The maximum atomic E-state index is 13.9. The molecule has 0 atom stereocenters. The molecule has 2 aromatic rings. The highest BCUT2D eigenvalue weighted by Crippen LogP contribution is 2.23. The molecule has 2 aromatic carbocycles. The van der Waals surface area contributed by atoms with Gasteiger partial charge in [-0.25, -0.2) is 13.2 Å². The quantitative estimate of drug-likeness (QED) is 0.815. The van der Waals surface area contributed by atoms with Crippen LogP contribution in [0.4, 0.5) is 18.9 Å². The van der Waals surface area contributed by atoms with Crippen molar-refractivity contribution < 1.29 is 22.8 Å². The molecule has 0 radical (unpaired) electrons. The van der Waals surface area contributed by atoms with Crippen molar-refractivity contribution in [1.29, 1.82) is 0 Å². The summed E-state index contributed by atoms with van der Waals surface area (Å²) in [7, 11) is 0. The molecular formula is C18H17F3N2O2. The smallest absolute Gasteiger partial charge is 0.240 e. The summed E-state index contributed by atoms with van der Waals surface area (Å²) in [6.07, 6.45) is 0.589. The molecule has 7 heteroatoms. The second-order valence-corrected chi connectivity index (χ2v) is 5.39. The van der Waals surface area contributed by atoms with Crippen molar-refractivity contribution in [2.24, 2.45) is 0 Å². The molecule has 0 saturated carbocycles. The van der Waals surface area contributed by atoms with Crippen molar-refractivity contribution in [3.05, 3.63) is 65.5 Å². The van der Waals surface area contributed by atoms with Crippen molar-refractivity contribution in [2.75, 3.05) is 18.0 Å². The Kier molecular flexibility index (Phi) is 6.16. The van der Waals surface area contributed by atoms with Gasteiger partial charge >= 0.3 is 0 Å². The third kappa shape index (κ3) is 4.82. The standard InChI is InChI=1S/C18H17F3N2O2/c1-12(24)23(15-8-7-14(19)17(20)18(15)21)11-16(25)22-10-9-13-5-3-2-4-6-13/h2-8H,9-11H2,1H3,(H,22,25). The Morgan fingerprint density at radius 2 is 1.68 bits per heavy atom. The lowest BCUT2D eigenvalue weighted by Crippen LogP contribution is -2.41. The molecule has 25 heavy (non-hydrogen) atoms. The molecule has 0 unspecified atom stereocenters. The van der Waals surface area contributed by atoms with Crippen LogP contribution in [0, 0.1) is 17.5 Å². The van der Waals surface area contributed by atoms with E-state index in [0.29, 0.717) is 19.0 Å². The van der Waals surface area contributed by atoms with Crippen molar-refractivity contribution in [2.45, 2.75) is 13.3 Å². The molecule has 0 heterocycles. The lowest BCUT2D eigenvalue weighted by Gasteiger charge is -2.21. The molecule has 0 aliphatic rings. The molecule has 2 rings (SSSR count). The minimum atomic E-state index is -1.69. The fraction of sp³-hybridized carbons (Fsp3) is 0.222. The van der Waals surface area contributed by atoms with E-state index < -0.39 is 41.5 Å². The van der Waals surface area contributed by atoms with Crippen molar-refractivity contribution in [3.63, 3.8) is 0 Å². The second-order valence-electron chi connectivity index (χ2n) is 5.39. The number of hydrogen-bond acceptors (Lipinski definition) is 2. The molecule has 0 aliphatic heterocycles. The summed E-state index contributed by atoms with van der Waals surface area (Å²) in [4.78, 5) is 24.4. The predicted octanol–water partition coefficient (Wildman–Crippen LogP) is 2.82. The van der Waals surface area contributed by atoms with E-state index in [9.17, 15) is 22.8 Å². The number of rotatable bonds is 6. The van der Waals surface area contributed by atoms with E-state index in [1.807, 2.05) is 30.3 Å². The summed E-state index contributed by atoms with van der Waals surface area (Å²) < 4.78 is 40.2. The molecule has 0 spiro atoms. The first-order valence-corrected chi connectivity index (χ1v) is 7.62. The zero-order valence-electron chi connectivity index (χ0n) is 13.6. The minimum Gasteiger partial charge on any atom is -0.354 e. The van der Waals surface area contributed by atoms with Crippen LogP contribution in [0.2, 0.25) is 0 Å². The summed E-state index contributed by atoms with van der Waals surface area (Å²) in [6.45, 7) is 0.943. The highest BCUT2D eigenvalue weighted by atomic mass is 19.2. The summed E-state index contributed by atoms with van der Waals surface area (Å²) in [5.41, 5.74) is 0.544. The van der Waals surface area contributed by atoms with E-state index in [2.05, 4.69) is 5.32 Å². The molecule has 0 aromatic heterocycles. The average Bonchev–Trinajstić information content (AvgIpc) is 2.59. The van der Waals surface area contributed by atoms with E-state index in [1.54, 1.807) is 0 Å². The highest BCUT2D eigenvalue weighted by molar-refractivity contribution is 5.97. The average molecular weight is 350 g/mol. The molecule has 4 nitrogen and oxygen atoms in total. The van der Waals surface area contributed by atoms with E-state index in [-0.39, 0.29) is 0 Å². The summed E-state index contributed by atoms with van der Waals surface area (Å²) in [6, 6.07) is 11.1. The zero-order chi connectivity index (χ0) is 18.4. The summed E-state index contributed by atoms with van der Waals surface area (Å²) >= 11 is 0. The molecule has 0 fully saturated rings. The van der Waals surface area contributed by atoms with E-state index in [0.717, 1.165) is 23.5 Å². The van der Waals surface area contributed by atoms with Crippen LogP contribution < -0.4 is 10.2 Å². The van der Waals surface area contributed by atoms with Gasteiger partial charge in [0.05, 0.1) is 5.69 Å². The van der Waals surface area contributed by atoms with Crippen LogP contribution >= 0.6 is 0 Å². The Hall–Kier alpha value is -2.83. The minimum absolute atomic E-state index is 0.328. The first-order valence-electron chi connectivity index (χ1n) is 7.62. The summed E-state index contributed by atoms with van der Waals surface area (Å²) in [5, 5.41) is 2.61. The fourth-order valence-corrected chi connectivity index (χ4v) is 2.28. The Morgan fingerprint density at radius 3 is 2.32 bits per heavy atom. The number of benzene rings is 2. The topological polar surface area (TPSA) is 49.4 Å². The number of amides is 2. The van der Waals surface area contributed by atoms with Crippen LogP contribution in [-0.4, -0.2) is 24.9 Å². The Morgan fingerprint density at radius 1 is 1.00 bits per heavy atom. The van der Waals surface area contributed by atoms with E-state index in [1.165, 1.54) is 0 Å². The largest absolute Gasteiger partial charge is 0.354 e. The summed E-state index contributed by atoms with van der Waals surface area (Å²) in [5.74, 6) is -5.75. The lowest BCUT2D eigenvalue weighted by molar-refractivity contribution is -0.123. The van der Waals surface area contributed by atoms with E-state index >= 15 is 0 Å². The Bertz CT molecular complexity index is 766. The van der Waals surface area contributed by atoms with Crippen LogP contribution in [0.1, 0.15) is 12.5 Å². The number of carbonyl (C=O) groups excluding carboxylic acids is 2. The normalized spacial score (nSPS) is 10.4. The second kappa shape index (κ2) is 8.32. The van der Waals surface area contributed by atoms with Gasteiger partial charge in [-0.3, -0.25) is 9.59 Å². The van der Waals surface area contributed by atoms with Gasteiger partial charge < -0.3 is 10.2 Å². The Labute approximate surface area is 143 Å². The van der Waals surface area contributed by atoms with Crippen molar-refractivity contribution >= 4 is 17.5 Å². The predicted molar refractivity (Wildman–Crippen MR) is 87.5 cm³/mol. The maximum absolute atomic E-state index is 13.9. The highest BCUT2D eigenvalue weighted by Gasteiger charge is 2.22. The molecular weight excluding hydrogens is 333 g/mol. The number of hydrogen-bond donors (Lipinski definition) is 1. The van der Waals surface area contributed by atoms with Crippen molar-refractivity contribution in [1.82, 2.24) is 5.32 Å². The SMILES string of the molecule is CC(=O)N(CC(=O)NCCc1ccccc1)c1ccc(F)c(F)c1F. The third-order valence-corrected chi connectivity index (χ3v) is 3.57. The molecule has 2 amide bonds. The van der Waals surface area contributed by atoms with Crippen LogP contribution in [0.25, 0.3) is 0 Å². The number of nitrogens with zero attached hydrogens (tertiary/aromatic N) is 1. The first-order chi connectivity index (χ1) is 11.9. The molecule has 0 bridgehead atoms. The van der Waals surface area contributed by atoms with Crippen LogP contribution in [0.15, 0.2) is 42.5 Å². The van der Waals surface area contributed by atoms with Gasteiger partial charge in [0.1, 0.15) is 6.54 Å². The van der Waals surface area contributed by atoms with E-state index in [4.69, 9.17) is 0 Å². The van der Waals surface area contributed by atoms with Gasteiger partial charge in [-0.1, -0.05) is 30.3 Å². The number of anilines is 1. The number of nitrogens with one attached hydrogen (secondary N) is 1.